The number of piperidine rings is 1. The summed E-state index contributed by atoms with van der Waals surface area (Å²) in [6, 6.07) is 1.54. The van der Waals surface area contributed by atoms with Gasteiger partial charge in [0.1, 0.15) is 0 Å². The number of hydrogen-bond acceptors (Lipinski definition) is 2. The van der Waals surface area contributed by atoms with Crippen molar-refractivity contribution in [2.45, 2.75) is 65.0 Å². The van der Waals surface area contributed by atoms with Crippen LogP contribution in [0.15, 0.2) is 0 Å². The summed E-state index contributed by atoms with van der Waals surface area (Å²) in [5.74, 6) is 0.975. The van der Waals surface area contributed by atoms with E-state index in [9.17, 15) is 0 Å². The van der Waals surface area contributed by atoms with Crippen molar-refractivity contribution in [3.8, 4) is 0 Å². The molecule has 0 spiro atoms. The molecule has 0 aromatic carbocycles. The SMILES string of the molecule is CNC1CCCN(C2C3(C)CCC(C3)C2(C)C)C1. The predicted molar refractivity (Wildman–Crippen MR) is 76.7 cm³/mol. The first-order valence-corrected chi connectivity index (χ1v) is 7.89. The molecule has 2 saturated carbocycles. The van der Waals surface area contributed by atoms with Crippen molar-refractivity contribution in [3.63, 3.8) is 0 Å². The quantitative estimate of drug-likeness (QED) is 0.811. The zero-order valence-corrected chi connectivity index (χ0v) is 12.6. The van der Waals surface area contributed by atoms with Crippen LogP contribution in [0.3, 0.4) is 0 Å². The zero-order valence-electron chi connectivity index (χ0n) is 12.6. The first-order chi connectivity index (χ1) is 8.47. The van der Waals surface area contributed by atoms with E-state index in [-0.39, 0.29) is 0 Å². The molecule has 0 radical (unpaired) electrons. The fourth-order valence-electron chi connectivity index (χ4n) is 5.66. The predicted octanol–water partition coefficient (Wildman–Crippen LogP) is 2.89. The molecule has 1 heterocycles. The second kappa shape index (κ2) is 4.21. The van der Waals surface area contributed by atoms with Gasteiger partial charge in [-0.05, 0) is 62.4 Å². The maximum absolute atomic E-state index is 3.50. The fourth-order valence-corrected chi connectivity index (χ4v) is 5.66. The van der Waals surface area contributed by atoms with Gasteiger partial charge in [0.25, 0.3) is 0 Å². The van der Waals surface area contributed by atoms with Crippen LogP contribution in [0.5, 0.6) is 0 Å². The molecule has 18 heavy (non-hydrogen) atoms. The van der Waals surface area contributed by atoms with Crippen LogP contribution in [0.1, 0.15) is 52.9 Å². The number of nitrogens with one attached hydrogen (secondary N) is 1. The van der Waals surface area contributed by atoms with Gasteiger partial charge in [-0.25, -0.2) is 0 Å². The van der Waals surface area contributed by atoms with Crippen LogP contribution in [0.25, 0.3) is 0 Å². The highest BCUT2D eigenvalue weighted by atomic mass is 15.2. The second-order valence-electron chi connectivity index (χ2n) is 7.94. The molecule has 3 fully saturated rings. The molecule has 0 aromatic heterocycles. The zero-order chi connectivity index (χ0) is 13.0. The normalized spacial score (nSPS) is 47.7. The third-order valence-electron chi connectivity index (χ3n) is 6.42. The molecule has 2 nitrogen and oxygen atoms in total. The molecule has 0 amide bonds. The van der Waals surface area contributed by atoms with Crippen LogP contribution in [0.4, 0.5) is 0 Å². The minimum absolute atomic E-state index is 0.530. The Morgan fingerprint density at radius 3 is 2.56 bits per heavy atom. The topological polar surface area (TPSA) is 15.3 Å². The van der Waals surface area contributed by atoms with Gasteiger partial charge in [0.15, 0.2) is 0 Å². The summed E-state index contributed by atoms with van der Waals surface area (Å²) in [5, 5.41) is 3.50. The Labute approximate surface area is 113 Å². The molecular formula is C16H30N2. The summed E-state index contributed by atoms with van der Waals surface area (Å²) < 4.78 is 0. The molecular weight excluding hydrogens is 220 g/mol. The van der Waals surface area contributed by atoms with Crippen LogP contribution < -0.4 is 5.32 Å². The molecule has 2 bridgehead atoms. The third kappa shape index (κ3) is 1.76. The molecule has 2 heteroatoms. The van der Waals surface area contributed by atoms with Crippen molar-refractivity contribution < 1.29 is 0 Å². The van der Waals surface area contributed by atoms with Gasteiger partial charge in [0.05, 0.1) is 0 Å². The second-order valence-corrected chi connectivity index (χ2v) is 7.94. The first-order valence-electron chi connectivity index (χ1n) is 7.89. The number of likely N-dealkylation sites (tertiary alicyclic amines) is 1. The van der Waals surface area contributed by atoms with E-state index in [1.165, 1.54) is 45.2 Å². The first kappa shape index (κ1) is 12.9. The highest BCUT2D eigenvalue weighted by Crippen LogP contribution is 2.64. The van der Waals surface area contributed by atoms with Gasteiger partial charge in [-0.3, -0.25) is 4.90 Å². The number of likely N-dealkylation sites (N-methyl/N-ethyl adjacent to an activating group) is 1. The Bertz CT molecular complexity index is 320. The minimum Gasteiger partial charge on any atom is -0.316 e. The summed E-state index contributed by atoms with van der Waals surface area (Å²) >= 11 is 0. The molecule has 2 aliphatic carbocycles. The van der Waals surface area contributed by atoms with Crippen molar-refractivity contribution in [1.29, 1.82) is 0 Å². The minimum atomic E-state index is 0.530. The summed E-state index contributed by atoms with van der Waals surface area (Å²) in [6.07, 6.45) is 7.15. The van der Waals surface area contributed by atoms with E-state index in [1.54, 1.807) is 0 Å². The van der Waals surface area contributed by atoms with E-state index in [0.29, 0.717) is 10.8 Å². The van der Waals surface area contributed by atoms with Gasteiger partial charge >= 0.3 is 0 Å². The van der Waals surface area contributed by atoms with Crippen LogP contribution in [0.2, 0.25) is 0 Å². The van der Waals surface area contributed by atoms with Crippen LogP contribution in [-0.2, 0) is 0 Å². The fraction of sp³-hybridized carbons (Fsp3) is 1.00. The van der Waals surface area contributed by atoms with Crippen molar-refractivity contribution >= 4 is 0 Å². The number of hydrogen-bond donors (Lipinski definition) is 1. The average molecular weight is 250 g/mol. The molecule has 4 atom stereocenters. The maximum Gasteiger partial charge on any atom is 0.0204 e. The van der Waals surface area contributed by atoms with Gasteiger partial charge in [-0.15, -0.1) is 0 Å². The van der Waals surface area contributed by atoms with Crippen molar-refractivity contribution in [3.05, 3.63) is 0 Å². The Morgan fingerprint density at radius 2 is 1.94 bits per heavy atom. The summed E-state index contributed by atoms with van der Waals surface area (Å²) in [7, 11) is 2.13. The van der Waals surface area contributed by atoms with Gasteiger partial charge in [-0.2, -0.15) is 0 Å². The molecule has 104 valence electrons. The van der Waals surface area contributed by atoms with E-state index in [4.69, 9.17) is 0 Å². The van der Waals surface area contributed by atoms with Crippen LogP contribution in [-0.4, -0.2) is 37.1 Å². The van der Waals surface area contributed by atoms with Crippen LogP contribution >= 0.6 is 0 Å². The lowest BCUT2D eigenvalue weighted by molar-refractivity contribution is -0.0127. The number of rotatable bonds is 2. The van der Waals surface area contributed by atoms with E-state index < -0.39 is 0 Å². The maximum atomic E-state index is 3.50. The van der Waals surface area contributed by atoms with Gasteiger partial charge in [-0.1, -0.05) is 20.8 Å². The summed E-state index contributed by atoms with van der Waals surface area (Å²) in [5.41, 5.74) is 1.13. The molecule has 3 rings (SSSR count). The van der Waals surface area contributed by atoms with Gasteiger partial charge < -0.3 is 5.32 Å². The Kier molecular flexibility index (Phi) is 3.02. The van der Waals surface area contributed by atoms with Crippen molar-refractivity contribution in [1.82, 2.24) is 10.2 Å². The van der Waals surface area contributed by atoms with E-state index >= 15 is 0 Å². The molecule has 4 unspecified atom stereocenters. The lowest BCUT2D eigenvalue weighted by Crippen LogP contribution is -2.57. The van der Waals surface area contributed by atoms with Crippen LogP contribution in [0, 0.1) is 16.7 Å². The molecule has 1 N–H and O–H groups in total. The smallest absolute Gasteiger partial charge is 0.0204 e. The van der Waals surface area contributed by atoms with Crippen molar-refractivity contribution in [2.24, 2.45) is 16.7 Å². The summed E-state index contributed by atoms with van der Waals surface area (Å²) in [4.78, 5) is 2.84. The molecule has 1 aliphatic heterocycles. The van der Waals surface area contributed by atoms with E-state index in [1.807, 2.05) is 0 Å². The highest BCUT2D eigenvalue weighted by molar-refractivity contribution is 5.13. The monoisotopic (exact) mass is 250 g/mol. The molecule has 0 aromatic rings. The third-order valence-corrected chi connectivity index (χ3v) is 6.42. The lowest BCUT2D eigenvalue weighted by atomic mass is 9.67. The highest BCUT2D eigenvalue weighted by Gasteiger charge is 2.61. The van der Waals surface area contributed by atoms with Crippen molar-refractivity contribution in [2.75, 3.05) is 20.1 Å². The Morgan fingerprint density at radius 1 is 1.17 bits per heavy atom. The number of fused-ring (bicyclic) bond motifs is 2. The average Bonchev–Trinajstić information content (AvgIpc) is 2.80. The largest absolute Gasteiger partial charge is 0.316 e. The number of nitrogens with zero attached hydrogens (tertiary/aromatic N) is 1. The Balaban J connectivity index is 1.82. The van der Waals surface area contributed by atoms with E-state index in [2.05, 4.69) is 38.0 Å². The molecule has 1 saturated heterocycles. The lowest BCUT2D eigenvalue weighted by Gasteiger charge is -2.51. The summed E-state index contributed by atoms with van der Waals surface area (Å²) in [6.45, 7) is 10.2. The van der Waals surface area contributed by atoms with Gasteiger partial charge in [0, 0.05) is 18.6 Å². The standard InChI is InChI=1S/C16H30N2/c1-15(2)12-7-8-16(3,10-12)14(15)18-9-5-6-13(11-18)17-4/h12-14,17H,5-11H2,1-4H3. The Hall–Kier alpha value is -0.0800. The van der Waals surface area contributed by atoms with Gasteiger partial charge in [0.2, 0.25) is 0 Å². The molecule has 3 aliphatic rings. The van der Waals surface area contributed by atoms with E-state index in [0.717, 1.165) is 18.0 Å².